The Morgan fingerprint density at radius 2 is 0.750 bits per heavy atom. The van der Waals surface area contributed by atoms with E-state index in [1.54, 1.807) is 0 Å². The Morgan fingerprint density at radius 1 is 0.330 bits per heavy atom. The smallest absolute Gasteiger partial charge is 0.189 e. The largest absolute Gasteiger partial charge is 0.456 e. The maximum absolute atomic E-state index is 7.70. The number of thiophene rings is 1. The zero-order valence-electron chi connectivity index (χ0n) is 52.6. The molecule has 1 unspecified atom stereocenters. The van der Waals surface area contributed by atoms with Crippen molar-refractivity contribution in [1.29, 1.82) is 0 Å². The summed E-state index contributed by atoms with van der Waals surface area (Å²) in [6.45, 7) is 27.6. The molecule has 15 rings (SSSR count). The van der Waals surface area contributed by atoms with Crippen LogP contribution in [0.15, 0.2) is 239 Å². The van der Waals surface area contributed by atoms with Crippen LogP contribution in [0.3, 0.4) is 0 Å². The second-order valence-electron chi connectivity index (χ2n) is 28.6. The average Bonchev–Trinajstić information content (AvgIpc) is 1.53. The highest BCUT2D eigenvalue weighted by molar-refractivity contribution is 7.26. The Kier molecular flexibility index (Phi) is 12.6. The number of furan rings is 2. The van der Waals surface area contributed by atoms with Gasteiger partial charge in [-0.25, -0.2) is 0 Å². The summed E-state index contributed by atoms with van der Waals surface area (Å²) in [7, 11) is 0. The summed E-state index contributed by atoms with van der Waals surface area (Å²) in [4.78, 5) is 5.01. The lowest BCUT2D eigenvalue weighted by molar-refractivity contribution is 0.589. The van der Waals surface area contributed by atoms with E-state index in [1.807, 2.05) is 0 Å². The first-order chi connectivity index (χ1) is 42.2. The molecule has 4 nitrogen and oxygen atoms in total. The van der Waals surface area contributed by atoms with Gasteiger partial charge in [0.1, 0.15) is 22.3 Å². The highest BCUT2D eigenvalue weighted by atomic mass is 32.1. The molecule has 11 aromatic carbocycles. The maximum Gasteiger partial charge on any atom is 0.189 e. The van der Waals surface area contributed by atoms with Crippen LogP contribution in [0.4, 0.5) is 34.1 Å². The zero-order valence-corrected chi connectivity index (χ0v) is 53.5. The predicted octanol–water partition coefficient (Wildman–Crippen LogP) is 24.1. The first-order valence-electron chi connectivity index (χ1n) is 31.2. The van der Waals surface area contributed by atoms with Crippen LogP contribution >= 0.6 is 11.3 Å². The molecule has 0 amide bonds. The molecule has 3 aromatic heterocycles. The molecule has 0 saturated heterocycles. The molecular formula is C83H75N2O2S+. The average molecular weight is 1160 g/mol. The lowest BCUT2D eigenvalue weighted by Gasteiger charge is -2.36. The van der Waals surface area contributed by atoms with Gasteiger partial charge in [-0.3, -0.25) is 0 Å². The van der Waals surface area contributed by atoms with E-state index < -0.39 is 5.41 Å². The number of para-hydroxylation sites is 3. The minimum absolute atomic E-state index is 0.0286. The highest BCUT2D eigenvalue weighted by Gasteiger charge is 2.52. The molecule has 434 valence electrons. The Hall–Kier alpha value is -9.16. The molecule has 1 aliphatic rings. The van der Waals surface area contributed by atoms with Crippen molar-refractivity contribution in [2.24, 2.45) is 0 Å². The summed E-state index contributed by atoms with van der Waals surface area (Å²) in [6.07, 6.45) is 0. The van der Waals surface area contributed by atoms with Crippen LogP contribution in [0.25, 0.3) is 75.2 Å². The summed E-state index contributed by atoms with van der Waals surface area (Å²) >= 11 is 1.13. The molecule has 88 heavy (non-hydrogen) atoms. The molecule has 5 heteroatoms. The topological polar surface area (TPSA) is 32.8 Å². The van der Waals surface area contributed by atoms with Gasteiger partial charge in [-0.2, -0.15) is 0 Å². The Balaban J connectivity index is 1.17. The van der Waals surface area contributed by atoms with Crippen molar-refractivity contribution in [3.8, 4) is 11.1 Å². The number of hydrogen-bond acceptors (Lipinski definition) is 4. The van der Waals surface area contributed by atoms with Crippen LogP contribution < -0.4 is 9.80 Å². The molecule has 0 N–H and O–H groups in total. The standard InChI is InChI=1S/C83H74N2O2S/c1-79(2,3)51-31-33-54(34-32-51)83(56-40-46-71-64(48-56)63-47-55(82(10,11)12)39-45-70(63)86-71)65-49-67(84(57-23-15-13-16-24-57)59-41-35-52(36-42-59)80(4,5)6)73-61-27-19-21-29-69(61)87-77(73)75(65)76-66(83)50-68(74-62-28-20-22-30-72(62)88-78(74)76)85(58-25-17-14-18-26-58)60-43-37-53(38-44-60)81(7,8)9/h13-50H,1-12H3/p+1. The molecule has 14 aromatic rings. The minimum atomic E-state index is -0.965. The number of anilines is 6. The van der Waals surface area contributed by atoms with Gasteiger partial charge in [0.15, 0.2) is 9.40 Å². The van der Waals surface area contributed by atoms with E-state index in [4.69, 9.17) is 8.83 Å². The minimum Gasteiger partial charge on any atom is -0.456 e. The fraction of sp³-hybridized carbons (Fsp3) is 0.205. The van der Waals surface area contributed by atoms with E-state index in [2.05, 4.69) is 323 Å². The van der Waals surface area contributed by atoms with Gasteiger partial charge in [-0.05, 0) is 181 Å². The Labute approximate surface area is 521 Å². The zero-order chi connectivity index (χ0) is 60.8. The van der Waals surface area contributed by atoms with Crippen LogP contribution in [0.2, 0.25) is 0 Å². The van der Waals surface area contributed by atoms with Crippen molar-refractivity contribution < 1.29 is 8.83 Å². The second-order valence-corrected chi connectivity index (χ2v) is 29.7. The van der Waals surface area contributed by atoms with Crippen molar-refractivity contribution in [2.45, 2.75) is 110 Å². The number of fused-ring (bicyclic) bond motifs is 14. The Morgan fingerprint density at radius 3 is 1.31 bits per heavy atom. The number of nitrogens with zero attached hydrogens (tertiary/aromatic N) is 2. The SMILES string of the molecule is CC(C)(C)c1ccc(N(c2ccccc2)c2cc3c(c4oc5ccccc5c24)-c2c(cc(N(c4ccccc4)c4ccc(C(C)(C)C)cc4)c4c2[sH+]c2ccccc24)C3(c2ccc(C(C)(C)C)cc2)c2ccc3oc4ccc(C(C)(C)C)cc4c3c2)cc1. The van der Waals surface area contributed by atoms with E-state index >= 15 is 0 Å². The summed E-state index contributed by atoms with van der Waals surface area (Å²) in [5.74, 6) is 0. The number of hydrogen-bond donors (Lipinski definition) is 0. The van der Waals surface area contributed by atoms with E-state index in [-0.39, 0.29) is 21.7 Å². The third-order valence-electron chi connectivity index (χ3n) is 18.8. The fourth-order valence-electron chi connectivity index (χ4n) is 14.1. The molecule has 0 bridgehead atoms. The third-order valence-corrected chi connectivity index (χ3v) is 20.1. The van der Waals surface area contributed by atoms with Crippen molar-refractivity contribution in [3.63, 3.8) is 0 Å². The van der Waals surface area contributed by atoms with Crippen molar-refractivity contribution in [1.82, 2.24) is 0 Å². The summed E-state index contributed by atoms with van der Waals surface area (Å²) in [5.41, 5.74) is 20.9. The molecule has 0 aliphatic heterocycles. The third kappa shape index (κ3) is 8.74. The highest BCUT2D eigenvalue weighted by Crippen LogP contribution is 2.65. The molecule has 0 saturated carbocycles. The molecule has 0 spiro atoms. The molecule has 0 fully saturated rings. The molecular weight excluding hydrogens is 1090 g/mol. The lowest BCUT2D eigenvalue weighted by Crippen LogP contribution is -2.29. The van der Waals surface area contributed by atoms with Gasteiger partial charge in [-0.1, -0.05) is 210 Å². The van der Waals surface area contributed by atoms with Gasteiger partial charge in [0.2, 0.25) is 0 Å². The van der Waals surface area contributed by atoms with Crippen LogP contribution in [-0.2, 0) is 27.1 Å². The predicted molar refractivity (Wildman–Crippen MR) is 377 cm³/mol. The van der Waals surface area contributed by atoms with Crippen LogP contribution in [0.5, 0.6) is 0 Å². The summed E-state index contributed by atoms with van der Waals surface area (Å²) in [6, 6.07) is 87.0. The Bertz CT molecular complexity index is 4810. The van der Waals surface area contributed by atoms with Gasteiger partial charge in [0.25, 0.3) is 0 Å². The van der Waals surface area contributed by atoms with Gasteiger partial charge >= 0.3 is 0 Å². The van der Waals surface area contributed by atoms with Gasteiger partial charge in [0, 0.05) is 49.9 Å². The van der Waals surface area contributed by atoms with Crippen LogP contribution in [-0.4, -0.2) is 0 Å². The van der Waals surface area contributed by atoms with Gasteiger partial charge in [-0.15, -0.1) is 0 Å². The summed E-state index contributed by atoms with van der Waals surface area (Å²) in [5, 5.41) is 6.81. The monoisotopic (exact) mass is 1160 g/mol. The van der Waals surface area contributed by atoms with E-state index in [9.17, 15) is 0 Å². The maximum atomic E-state index is 7.70. The molecule has 1 atom stereocenters. The van der Waals surface area contributed by atoms with Crippen molar-refractivity contribution >= 4 is 110 Å². The fourth-order valence-corrected chi connectivity index (χ4v) is 15.5. The van der Waals surface area contributed by atoms with Gasteiger partial charge in [0.05, 0.1) is 33.1 Å². The number of benzene rings is 11. The normalized spacial score (nSPS) is 14.6. The van der Waals surface area contributed by atoms with Crippen LogP contribution in [0, 0.1) is 0 Å². The quantitative estimate of drug-likeness (QED) is 0.142. The van der Waals surface area contributed by atoms with E-state index in [0.717, 1.165) is 106 Å². The molecule has 1 aliphatic carbocycles. The van der Waals surface area contributed by atoms with Crippen LogP contribution in [0.1, 0.15) is 128 Å². The van der Waals surface area contributed by atoms with Crippen molar-refractivity contribution in [2.75, 3.05) is 9.80 Å². The molecule has 3 heterocycles. The second kappa shape index (κ2) is 19.9. The first-order valence-corrected chi connectivity index (χ1v) is 32.1. The molecule has 0 radical (unpaired) electrons. The van der Waals surface area contributed by atoms with Crippen molar-refractivity contribution in [3.05, 3.63) is 275 Å². The van der Waals surface area contributed by atoms with E-state index in [0.29, 0.717) is 0 Å². The first kappa shape index (κ1) is 55.4. The van der Waals surface area contributed by atoms with E-state index in [1.165, 1.54) is 59.1 Å². The lowest BCUT2D eigenvalue weighted by atomic mass is 9.66. The summed E-state index contributed by atoms with van der Waals surface area (Å²) < 4.78 is 17.1. The number of rotatable bonds is 8. The van der Waals surface area contributed by atoms with Gasteiger partial charge < -0.3 is 18.6 Å².